The Morgan fingerprint density at radius 2 is 2.16 bits per heavy atom. The van der Waals surface area contributed by atoms with E-state index >= 15 is 0 Å². The van der Waals surface area contributed by atoms with Crippen LogP contribution in [-0.2, 0) is 4.79 Å². The predicted molar refractivity (Wildman–Crippen MR) is 87.0 cm³/mol. The van der Waals surface area contributed by atoms with Gasteiger partial charge in [0.25, 0.3) is 0 Å². The molecule has 0 aliphatic heterocycles. The summed E-state index contributed by atoms with van der Waals surface area (Å²) >= 11 is 12.4. The second-order valence-corrected chi connectivity index (χ2v) is 7.25. The molecule has 0 aliphatic rings. The SMILES string of the molecule is CC(C)(C)C(=O)CCSC(=S)Nc1ccc(Cl)cn1. The van der Waals surface area contributed by atoms with Gasteiger partial charge in [-0.15, -0.1) is 0 Å². The fourth-order valence-electron chi connectivity index (χ4n) is 1.20. The third-order valence-electron chi connectivity index (χ3n) is 2.36. The summed E-state index contributed by atoms with van der Waals surface area (Å²) in [5, 5.41) is 3.58. The summed E-state index contributed by atoms with van der Waals surface area (Å²) in [6, 6.07) is 3.50. The molecule has 0 aliphatic carbocycles. The van der Waals surface area contributed by atoms with Crippen molar-refractivity contribution in [3.63, 3.8) is 0 Å². The van der Waals surface area contributed by atoms with Gasteiger partial charge < -0.3 is 5.32 Å². The summed E-state index contributed by atoms with van der Waals surface area (Å²) in [5.74, 6) is 1.58. The van der Waals surface area contributed by atoms with Crippen molar-refractivity contribution in [2.24, 2.45) is 5.41 Å². The lowest BCUT2D eigenvalue weighted by Crippen LogP contribution is -2.20. The predicted octanol–water partition coefficient (Wildman–Crippen LogP) is 4.17. The molecule has 0 radical (unpaired) electrons. The number of halogens is 1. The van der Waals surface area contributed by atoms with Crippen molar-refractivity contribution < 1.29 is 4.79 Å². The molecule has 3 nitrogen and oxygen atoms in total. The van der Waals surface area contributed by atoms with Gasteiger partial charge >= 0.3 is 0 Å². The molecule has 0 saturated carbocycles. The number of carbonyl (C=O) groups excluding carboxylic acids is 1. The van der Waals surface area contributed by atoms with Gasteiger partial charge in [-0.05, 0) is 12.1 Å². The molecule has 1 rings (SSSR count). The van der Waals surface area contributed by atoms with Crippen molar-refractivity contribution >= 4 is 51.5 Å². The van der Waals surface area contributed by atoms with E-state index in [-0.39, 0.29) is 11.2 Å². The summed E-state index contributed by atoms with van der Waals surface area (Å²) in [6.45, 7) is 5.77. The zero-order valence-electron chi connectivity index (χ0n) is 11.2. The first-order chi connectivity index (χ1) is 8.79. The number of Topliss-reactive ketones (excluding diaryl/α,β-unsaturated/α-hetero) is 1. The van der Waals surface area contributed by atoms with Gasteiger partial charge in [-0.25, -0.2) is 4.98 Å². The first-order valence-electron chi connectivity index (χ1n) is 5.87. The number of rotatable bonds is 4. The molecule has 0 amide bonds. The number of thiocarbonyl (C=S) groups is 1. The first-order valence-corrected chi connectivity index (χ1v) is 7.65. The van der Waals surface area contributed by atoms with E-state index in [1.807, 2.05) is 20.8 Å². The summed E-state index contributed by atoms with van der Waals surface area (Å²) in [6.07, 6.45) is 2.07. The minimum atomic E-state index is -0.284. The van der Waals surface area contributed by atoms with Gasteiger partial charge in [0, 0.05) is 23.8 Å². The van der Waals surface area contributed by atoms with Crippen LogP contribution in [0.4, 0.5) is 5.82 Å². The Kier molecular flexibility index (Phi) is 6.23. The fourth-order valence-corrected chi connectivity index (χ4v) is 2.32. The van der Waals surface area contributed by atoms with Crippen molar-refractivity contribution in [1.29, 1.82) is 0 Å². The van der Waals surface area contributed by atoms with Crippen molar-refractivity contribution in [3.05, 3.63) is 23.4 Å². The van der Waals surface area contributed by atoms with Crippen LogP contribution in [0.1, 0.15) is 27.2 Å². The zero-order valence-corrected chi connectivity index (χ0v) is 13.6. The van der Waals surface area contributed by atoms with Gasteiger partial charge in [-0.3, -0.25) is 4.79 Å². The van der Waals surface area contributed by atoms with E-state index in [4.69, 9.17) is 23.8 Å². The molecule has 0 atom stereocenters. The quantitative estimate of drug-likeness (QED) is 0.844. The lowest BCUT2D eigenvalue weighted by molar-refractivity contribution is -0.125. The summed E-state index contributed by atoms with van der Waals surface area (Å²) in [7, 11) is 0. The Balaban J connectivity index is 2.33. The van der Waals surface area contributed by atoms with E-state index in [0.717, 1.165) is 0 Å². The normalized spacial score (nSPS) is 11.2. The van der Waals surface area contributed by atoms with E-state index in [0.29, 0.717) is 27.3 Å². The van der Waals surface area contributed by atoms with E-state index < -0.39 is 0 Å². The highest BCUT2D eigenvalue weighted by Crippen LogP contribution is 2.19. The molecule has 6 heteroatoms. The maximum Gasteiger partial charge on any atom is 0.139 e. The van der Waals surface area contributed by atoms with Crippen LogP contribution in [0.2, 0.25) is 5.02 Å². The molecule has 1 aromatic rings. The number of hydrogen-bond donors (Lipinski definition) is 1. The number of carbonyl (C=O) groups is 1. The van der Waals surface area contributed by atoms with Crippen molar-refractivity contribution in [1.82, 2.24) is 4.98 Å². The number of anilines is 1. The number of ketones is 1. The molecule has 0 unspecified atom stereocenters. The van der Waals surface area contributed by atoms with Crippen molar-refractivity contribution in [2.75, 3.05) is 11.1 Å². The topological polar surface area (TPSA) is 42.0 Å². The second kappa shape index (κ2) is 7.22. The number of aromatic nitrogens is 1. The highest BCUT2D eigenvalue weighted by molar-refractivity contribution is 8.23. The summed E-state index contributed by atoms with van der Waals surface area (Å²) < 4.78 is 0.608. The summed E-state index contributed by atoms with van der Waals surface area (Å²) in [4.78, 5) is 15.8. The van der Waals surface area contributed by atoms with Gasteiger partial charge in [-0.1, -0.05) is 56.4 Å². The monoisotopic (exact) mass is 316 g/mol. The second-order valence-electron chi connectivity index (χ2n) is 5.05. The minimum Gasteiger partial charge on any atom is -0.326 e. The number of pyridine rings is 1. The van der Waals surface area contributed by atoms with Crippen LogP contribution in [0.25, 0.3) is 0 Å². The lowest BCUT2D eigenvalue weighted by Gasteiger charge is -2.16. The Morgan fingerprint density at radius 3 is 2.68 bits per heavy atom. The fraction of sp³-hybridized carbons (Fsp3) is 0.462. The van der Waals surface area contributed by atoms with Crippen LogP contribution < -0.4 is 5.32 Å². The molecule has 0 bridgehead atoms. The molecular formula is C13H17ClN2OS2. The minimum absolute atomic E-state index is 0.243. The Hall–Kier alpha value is -0.650. The van der Waals surface area contributed by atoms with Gasteiger partial charge in [0.15, 0.2) is 0 Å². The average Bonchev–Trinajstić information content (AvgIpc) is 2.31. The first kappa shape index (κ1) is 16.4. The largest absolute Gasteiger partial charge is 0.326 e. The average molecular weight is 317 g/mol. The van der Waals surface area contributed by atoms with Crippen molar-refractivity contribution in [2.45, 2.75) is 27.2 Å². The third kappa shape index (κ3) is 6.36. The molecule has 104 valence electrons. The lowest BCUT2D eigenvalue weighted by atomic mass is 9.89. The van der Waals surface area contributed by atoms with Gasteiger partial charge in [0.05, 0.1) is 5.02 Å². The third-order valence-corrected chi connectivity index (χ3v) is 3.81. The van der Waals surface area contributed by atoms with E-state index in [2.05, 4.69) is 10.3 Å². The highest BCUT2D eigenvalue weighted by atomic mass is 35.5. The smallest absolute Gasteiger partial charge is 0.139 e. The molecule has 1 N–H and O–H groups in total. The molecule has 1 aromatic heterocycles. The number of nitrogens with zero attached hydrogens (tertiary/aromatic N) is 1. The number of thioether (sulfide) groups is 1. The van der Waals surface area contributed by atoms with Crippen LogP contribution in [-0.4, -0.2) is 20.8 Å². The van der Waals surface area contributed by atoms with E-state index in [9.17, 15) is 4.79 Å². The van der Waals surface area contributed by atoms with Crippen LogP contribution in [0, 0.1) is 5.41 Å². The summed E-state index contributed by atoms with van der Waals surface area (Å²) in [5.41, 5.74) is -0.284. The van der Waals surface area contributed by atoms with Gasteiger partial charge in [-0.2, -0.15) is 0 Å². The van der Waals surface area contributed by atoms with Gasteiger partial charge in [0.2, 0.25) is 0 Å². The highest BCUT2D eigenvalue weighted by Gasteiger charge is 2.20. The Bertz CT molecular complexity index is 455. The molecule has 0 fully saturated rings. The molecule has 0 aromatic carbocycles. The van der Waals surface area contributed by atoms with Crippen LogP contribution in [0.3, 0.4) is 0 Å². The molecule has 19 heavy (non-hydrogen) atoms. The maximum atomic E-state index is 11.7. The standard InChI is InChI=1S/C13H17ClN2OS2/c1-13(2,3)10(17)6-7-19-12(18)16-11-5-4-9(14)8-15-11/h4-5,8H,6-7H2,1-3H3,(H,15,16,18). The number of hydrogen-bond acceptors (Lipinski definition) is 4. The van der Waals surface area contributed by atoms with Crippen LogP contribution in [0.15, 0.2) is 18.3 Å². The Morgan fingerprint density at radius 1 is 1.47 bits per heavy atom. The molecule has 0 saturated heterocycles. The van der Waals surface area contributed by atoms with Crippen molar-refractivity contribution in [3.8, 4) is 0 Å². The van der Waals surface area contributed by atoms with E-state index in [1.165, 1.54) is 11.8 Å². The molecule has 0 spiro atoms. The molecule has 1 heterocycles. The zero-order chi connectivity index (χ0) is 14.5. The van der Waals surface area contributed by atoms with Crippen LogP contribution in [0.5, 0.6) is 0 Å². The maximum absolute atomic E-state index is 11.7. The Labute approximate surface area is 128 Å². The van der Waals surface area contributed by atoms with E-state index in [1.54, 1.807) is 18.3 Å². The molecular weight excluding hydrogens is 300 g/mol. The number of nitrogens with one attached hydrogen (secondary N) is 1. The van der Waals surface area contributed by atoms with Gasteiger partial charge in [0.1, 0.15) is 15.9 Å². The van der Waals surface area contributed by atoms with Crippen LogP contribution >= 0.6 is 35.6 Å².